The fraction of sp³-hybridized carbons (Fsp3) is 0.400. The van der Waals surface area contributed by atoms with Gasteiger partial charge in [-0.1, -0.05) is 24.3 Å². The molecule has 2 rings (SSSR count). The highest BCUT2D eigenvalue weighted by molar-refractivity contribution is 5.85. The molecule has 0 unspecified atom stereocenters. The lowest BCUT2D eigenvalue weighted by molar-refractivity contribution is 0.576. The van der Waals surface area contributed by atoms with Crippen molar-refractivity contribution in [2.45, 2.75) is 25.3 Å². The van der Waals surface area contributed by atoms with Gasteiger partial charge in [-0.3, -0.25) is 0 Å². The van der Waals surface area contributed by atoms with Gasteiger partial charge in [0, 0.05) is 6.04 Å². The number of rotatable bonds is 0. The lowest BCUT2D eigenvalue weighted by Gasteiger charge is -2.20. The smallest absolute Gasteiger partial charge is 0.00825 e. The Balaban J connectivity index is 0.000000720. The molecule has 1 atom stereocenters. The summed E-state index contributed by atoms with van der Waals surface area (Å²) >= 11 is 0. The Labute approximate surface area is 79.4 Å². The Morgan fingerprint density at radius 2 is 1.83 bits per heavy atom. The molecular weight excluding hydrogens is 170 g/mol. The summed E-state index contributed by atoms with van der Waals surface area (Å²) in [5, 5.41) is 0. The van der Waals surface area contributed by atoms with Crippen LogP contribution < -0.4 is 5.73 Å². The SMILES string of the molecule is Cl.N[C@@H]1CCc2ccccc2C1. The number of hydrogen-bond acceptors (Lipinski definition) is 1. The normalized spacial score (nSPS) is 20.9. The highest BCUT2D eigenvalue weighted by Crippen LogP contribution is 2.19. The van der Waals surface area contributed by atoms with Crippen LogP contribution >= 0.6 is 12.4 Å². The topological polar surface area (TPSA) is 26.0 Å². The van der Waals surface area contributed by atoms with Gasteiger partial charge in [0.2, 0.25) is 0 Å². The van der Waals surface area contributed by atoms with Gasteiger partial charge in [0.1, 0.15) is 0 Å². The molecule has 1 aliphatic carbocycles. The Hall–Kier alpha value is -0.530. The van der Waals surface area contributed by atoms with Crippen molar-refractivity contribution < 1.29 is 0 Å². The zero-order valence-corrected chi connectivity index (χ0v) is 7.81. The molecule has 0 fully saturated rings. The molecule has 66 valence electrons. The Morgan fingerprint density at radius 3 is 2.58 bits per heavy atom. The fourth-order valence-corrected chi connectivity index (χ4v) is 1.73. The van der Waals surface area contributed by atoms with Gasteiger partial charge in [0.25, 0.3) is 0 Å². The second-order valence-electron chi connectivity index (χ2n) is 3.27. The van der Waals surface area contributed by atoms with E-state index in [9.17, 15) is 0 Å². The minimum absolute atomic E-state index is 0. The molecule has 1 aromatic carbocycles. The molecule has 0 aliphatic heterocycles. The molecular formula is C10H14ClN. The van der Waals surface area contributed by atoms with Crippen molar-refractivity contribution in [3.8, 4) is 0 Å². The minimum Gasteiger partial charge on any atom is -0.327 e. The van der Waals surface area contributed by atoms with E-state index in [0.717, 1.165) is 19.3 Å². The highest BCUT2D eigenvalue weighted by Gasteiger charge is 2.13. The third-order valence-electron chi connectivity index (χ3n) is 2.38. The Kier molecular flexibility index (Phi) is 3.12. The molecule has 0 amide bonds. The third-order valence-corrected chi connectivity index (χ3v) is 2.38. The van der Waals surface area contributed by atoms with Crippen LogP contribution in [0.1, 0.15) is 17.5 Å². The average molecular weight is 184 g/mol. The molecule has 12 heavy (non-hydrogen) atoms. The first-order valence-corrected chi connectivity index (χ1v) is 4.18. The summed E-state index contributed by atoms with van der Waals surface area (Å²) in [6, 6.07) is 8.99. The predicted octanol–water partition coefficient (Wildman–Crippen LogP) is 1.92. The van der Waals surface area contributed by atoms with E-state index in [-0.39, 0.29) is 12.4 Å². The number of hydrogen-bond donors (Lipinski definition) is 1. The third kappa shape index (κ3) is 1.79. The van der Waals surface area contributed by atoms with E-state index in [2.05, 4.69) is 24.3 Å². The molecule has 0 saturated carbocycles. The summed E-state index contributed by atoms with van der Waals surface area (Å²) in [6.45, 7) is 0. The standard InChI is InChI=1S/C10H13N.ClH/c11-10-6-5-8-3-1-2-4-9(8)7-10;/h1-4,10H,5-7,11H2;1H/t10-;/m1./s1. The maximum atomic E-state index is 5.85. The van der Waals surface area contributed by atoms with E-state index in [1.807, 2.05) is 0 Å². The largest absolute Gasteiger partial charge is 0.327 e. The van der Waals surface area contributed by atoms with Gasteiger partial charge < -0.3 is 5.73 Å². The molecule has 1 aromatic rings. The van der Waals surface area contributed by atoms with Crippen LogP contribution in [0.25, 0.3) is 0 Å². The van der Waals surface area contributed by atoms with Gasteiger partial charge in [-0.2, -0.15) is 0 Å². The van der Waals surface area contributed by atoms with Crippen molar-refractivity contribution in [1.82, 2.24) is 0 Å². The first-order valence-electron chi connectivity index (χ1n) is 4.18. The summed E-state index contributed by atoms with van der Waals surface area (Å²) < 4.78 is 0. The van der Waals surface area contributed by atoms with Crippen molar-refractivity contribution in [2.75, 3.05) is 0 Å². The highest BCUT2D eigenvalue weighted by atomic mass is 35.5. The summed E-state index contributed by atoms with van der Waals surface area (Å²) in [7, 11) is 0. The van der Waals surface area contributed by atoms with Crippen LogP contribution in [-0.4, -0.2) is 6.04 Å². The second kappa shape index (κ2) is 3.92. The lowest BCUT2D eigenvalue weighted by Crippen LogP contribution is -2.27. The van der Waals surface area contributed by atoms with E-state index in [4.69, 9.17) is 5.73 Å². The zero-order chi connectivity index (χ0) is 7.68. The molecule has 1 aliphatic rings. The van der Waals surface area contributed by atoms with Crippen LogP contribution in [0.4, 0.5) is 0 Å². The number of benzene rings is 1. The minimum atomic E-state index is 0. The predicted molar refractivity (Wildman–Crippen MR) is 53.7 cm³/mol. The van der Waals surface area contributed by atoms with E-state index in [1.165, 1.54) is 11.1 Å². The maximum Gasteiger partial charge on any atom is 0.00825 e. The van der Waals surface area contributed by atoms with Crippen LogP contribution in [0.3, 0.4) is 0 Å². The number of nitrogens with two attached hydrogens (primary N) is 1. The van der Waals surface area contributed by atoms with Crippen LogP contribution in [0.15, 0.2) is 24.3 Å². The maximum absolute atomic E-state index is 5.85. The van der Waals surface area contributed by atoms with Crippen LogP contribution in [0.2, 0.25) is 0 Å². The summed E-state index contributed by atoms with van der Waals surface area (Å²) in [5.41, 5.74) is 8.79. The van der Waals surface area contributed by atoms with Gasteiger partial charge in [0.05, 0.1) is 0 Å². The first kappa shape index (κ1) is 9.56. The summed E-state index contributed by atoms with van der Waals surface area (Å²) in [6.07, 6.45) is 3.38. The van der Waals surface area contributed by atoms with Crippen LogP contribution in [0, 0.1) is 0 Å². The Bertz CT molecular complexity index is 260. The first-order chi connectivity index (χ1) is 5.36. The van der Waals surface area contributed by atoms with Crippen LogP contribution in [-0.2, 0) is 12.8 Å². The monoisotopic (exact) mass is 183 g/mol. The average Bonchev–Trinajstić information content (AvgIpc) is 2.04. The van der Waals surface area contributed by atoms with Crippen molar-refractivity contribution >= 4 is 12.4 Å². The molecule has 0 aromatic heterocycles. The van der Waals surface area contributed by atoms with Gasteiger partial charge >= 0.3 is 0 Å². The van der Waals surface area contributed by atoms with Gasteiger partial charge in [0.15, 0.2) is 0 Å². The summed E-state index contributed by atoms with van der Waals surface area (Å²) in [4.78, 5) is 0. The molecule has 2 heteroatoms. The van der Waals surface area contributed by atoms with Crippen molar-refractivity contribution in [1.29, 1.82) is 0 Å². The number of fused-ring (bicyclic) bond motifs is 1. The Morgan fingerprint density at radius 1 is 1.17 bits per heavy atom. The van der Waals surface area contributed by atoms with E-state index < -0.39 is 0 Å². The van der Waals surface area contributed by atoms with Gasteiger partial charge in [-0.15, -0.1) is 12.4 Å². The quantitative estimate of drug-likeness (QED) is 0.654. The van der Waals surface area contributed by atoms with Crippen molar-refractivity contribution in [3.63, 3.8) is 0 Å². The molecule has 0 radical (unpaired) electrons. The zero-order valence-electron chi connectivity index (χ0n) is 6.99. The number of halogens is 1. The van der Waals surface area contributed by atoms with Crippen LogP contribution in [0.5, 0.6) is 0 Å². The molecule has 1 nitrogen and oxygen atoms in total. The fourth-order valence-electron chi connectivity index (χ4n) is 1.73. The molecule has 2 N–H and O–H groups in total. The molecule has 0 bridgehead atoms. The molecule has 0 heterocycles. The van der Waals surface area contributed by atoms with Gasteiger partial charge in [-0.25, -0.2) is 0 Å². The number of aryl methyl sites for hydroxylation is 1. The summed E-state index contributed by atoms with van der Waals surface area (Å²) in [5.74, 6) is 0. The molecule has 0 saturated heterocycles. The van der Waals surface area contributed by atoms with Crippen molar-refractivity contribution in [2.24, 2.45) is 5.73 Å². The lowest BCUT2D eigenvalue weighted by atomic mass is 9.89. The van der Waals surface area contributed by atoms with E-state index in [1.54, 1.807) is 0 Å². The van der Waals surface area contributed by atoms with E-state index >= 15 is 0 Å². The van der Waals surface area contributed by atoms with E-state index in [0.29, 0.717) is 6.04 Å². The second-order valence-corrected chi connectivity index (χ2v) is 3.27. The van der Waals surface area contributed by atoms with Crippen molar-refractivity contribution in [3.05, 3.63) is 35.4 Å². The molecule has 0 spiro atoms. The van der Waals surface area contributed by atoms with Gasteiger partial charge in [-0.05, 0) is 30.4 Å².